The lowest BCUT2D eigenvalue weighted by Crippen LogP contribution is -2.49. The average molecular weight is 294 g/mol. The SMILES string of the molecule is CCN(CC)CCNC(C)(C(=O)O)c1cccc(OC)c1. The molecule has 118 valence electrons. The minimum absolute atomic E-state index is 0.613. The molecule has 1 aromatic carbocycles. The van der Waals surface area contributed by atoms with Crippen molar-refractivity contribution in [3.63, 3.8) is 0 Å². The van der Waals surface area contributed by atoms with E-state index in [0.29, 0.717) is 17.9 Å². The monoisotopic (exact) mass is 294 g/mol. The van der Waals surface area contributed by atoms with Crippen LogP contribution in [-0.4, -0.2) is 49.3 Å². The smallest absolute Gasteiger partial charge is 0.328 e. The molecule has 0 aromatic heterocycles. The molecule has 5 nitrogen and oxygen atoms in total. The first-order valence-corrected chi connectivity index (χ1v) is 7.33. The predicted octanol–water partition coefficient (Wildman–Crippen LogP) is 1.93. The lowest BCUT2D eigenvalue weighted by Gasteiger charge is -2.29. The topological polar surface area (TPSA) is 61.8 Å². The fourth-order valence-electron chi connectivity index (χ4n) is 2.24. The third-order valence-corrected chi connectivity index (χ3v) is 3.88. The van der Waals surface area contributed by atoms with Crippen molar-refractivity contribution in [2.24, 2.45) is 0 Å². The fourth-order valence-corrected chi connectivity index (χ4v) is 2.24. The summed E-state index contributed by atoms with van der Waals surface area (Å²) in [5.41, 5.74) is -0.435. The van der Waals surface area contributed by atoms with Gasteiger partial charge < -0.3 is 14.7 Å². The van der Waals surface area contributed by atoms with Crippen LogP contribution in [0.25, 0.3) is 0 Å². The van der Waals surface area contributed by atoms with Crippen LogP contribution in [0.3, 0.4) is 0 Å². The second-order valence-electron chi connectivity index (χ2n) is 5.12. The molecule has 1 aromatic rings. The molecule has 0 fully saturated rings. The molecule has 2 N–H and O–H groups in total. The van der Waals surface area contributed by atoms with Crippen molar-refractivity contribution >= 4 is 5.97 Å². The van der Waals surface area contributed by atoms with Crippen molar-refractivity contribution in [1.29, 1.82) is 0 Å². The van der Waals surface area contributed by atoms with Crippen LogP contribution >= 0.6 is 0 Å². The maximum atomic E-state index is 11.7. The molecule has 0 aliphatic rings. The van der Waals surface area contributed by atoms with Crippen LogP contribution in [0.4, 0.5) is 0 Å². The number of aliphatic carboxylic acids is 1. The molecule has 0 bridgehead atoms. The first-order chi connectivity index (χ1) is 9.97. The van der Waals surface area contributed by atoms with Crippen molar-refractivity contribution < 1.29 is 14.6 Å². The second-order valence-corrected chi connectivity index (χ2v) is 5.12. The van der Waals surface area contributed by atoms with Crippen LogP contribution in [0.15, 0.2) is 24.3 Å². The van der Waals surface area contributed by atoms with Gasteiger partial charge in [-0.3, -0.25) is 5.32 Å². The predicted molar refractivity (Wildman–Crippen MR) is 83.8 cm³/mol. The number of carboxylic acid groups (broad SMARTS) is 1. The number of rotatable bonds is 9. The van der Waals surface area contributed by atoms with E-state index in [1.807, 2.05) is 6.07 Å². The Morgan fingerprint density at radius 3 is 2.57 bits per heavy atom. The lowest BCUT2D eigenvalue weighted by atomic mass is 9.92. The van der Waals surface area contributed by atoms with Crippen LogP contribution < -0.4 is 10.1 Å². The molecular weight excluding hydrogens is 268 g/mol. The molecule has 0 saturated carbocycles. The Hall–Kier alpha value is -1.59. The Balaban J connectivity index is 2.85. The minimum Gasteiger partial charge on any atom is -0.497 e. The van der Waals surface area contributed by atoms with Gasteiger partial charge in [0.25, 0.3) is 0 Å². The number of likely N-dealkylation sites (N-methyl/N-ethyl adjacent to an activating group) is 1. The number of carbonyl (C=O) groups is 1. The Kier molecular flexibility index (Phi) is 6.65. The van der Waals surface area contributed by atoms with Crippen LogP contribution in [0, 0.1) is 0 Å². The average Bonchev–Trinajstić information content (AvgIpc) is 2.51. The molecule has 21 heavy (non-hydrogen) atoms. The summed E-state index contributed by atoms with van der Waals surface area (Å²) in [5.74, 6) is -0.235. The van der Waals surface area contributed by atoms with E-state index in [-0.39, 0.29) is 0 Å². The molecule has 1 atom stereocenters. The van der Waals surface area contributed by atoms with Crippen molar-refractivity contribution in [1.82, 2.24) is 10.2 Å². The number of hydrogen-bond acceptors (Lipinski definition) is 4. The van der Waals surface area contributed by atoms with E-state index in [1.165, 1.54) is 0 Å². The van der Waals surface area contributed by atoms with E-state index < -0.39 is 11.5 Å². The van der Waals surface area contributed by atoms with Gasteiger partial charge >= 0.3 is 5.97 Å². The van der Waals surface area contributed by atoms with Gasteiger partial charge in [0.15, 0.2) is 0 Å². The van der Waals surface area contributed by atoms with Gasteiger partial charge in [0, 0.05) is 13.1 Å². The van der Waals surface area contributed by atoms with Gasteiger partial charge in [0.05, 0.1) is 7.11 Å². The Labute approximate surface area is 126 Å². The molecular formula is C16H26N2O3. The van der Waals surface area contributed by atoms with E-state index >= 15 is 0 Å². The van der Waals surface area contributed by atoms with E-state index in [2.05, 4.69) is 24.1 Å². The van der Waals surface area contributed by atoms with Crippen LogP contribution in [0.5, 0.6) is 5.75 Å². The van der Waals surface area contributed by atoms with Crippen LogP contribution in [0.1, 0.15) is 26.3 Å². The van der Waals surface area contributed by atoms with E-state index in [9.17, 15) is 9.90 Å². The number of nitrogens with one attached hydrogen (secondary N) is 1. The number of hydrogen-bond donors (Lipinski definition) is 2. The minimum atomic E-state index is -1.12. The highest BCUT2D eigenvalue weighted by Gasteiger charge is 2.34. The highest BCUT2D eigenvalue weighted by molar-refractivity contribution is 5.80. The maximum absolute atomic E-state index is 11.7. The van der Waals surface area contributed by atoms with Gasteiger partial charge in [-0.25, -0.2) is 4.79 Å². The van der Waals surface area contributed by atoms with Gasteiger partial charge in [0.2, 0.25) is 0 Å². The quantitative estimate of drug-likeness (QED) is 0.728. The molecule has 0 aliphatic carbocycles. The summed E-state index contributed by atoms with van der Waals surface area (Å²) in [4.78, 5) is 14.0. The van der Waals surface area contributed by atoms with Gasteiger partial charge in [-0.05, 0) is 37.7 Å². The van der Waals surface area contributed by atoms with Crippen molar-refractivity contribution in [2.45, 2.75) is 26.3 Å². The first-order valence-electron chi connectivity index (χ1n) is 7.33. The summed E-state index contributed by atoms with van der Waals surface area (Å²) >= 11 is 0. The number of ether oxygens (including phenoxy) is 1. The molecule has 1 unspecified atom stereocenters. The third-order valence-electron chi connectivity index (χ3n) is 3.88. The Morgan fingerprint density at radius 1 is 1.38 bits per heavy atom. The standard InChI is InChI=1S/C16H26N2O3/c1-5-18(6-2)11-10-17-16(3,15(19)20)13-8-7-9-14(12-13)21-4/h7-9,12,17H,5-6,10-11H2,1-4H3,(H,19,20). The summed E-state index contributed by atoms with van der Waals surface area (Å²) in [7, 11) is 1.57. The highest BCUT2D eigenvalue weighted by atomic mass is 16.5. The zero-order valence-electron chi connectivity index (χ0n) is 13.3. The Bertz CT molecular complexity index is 461. The van der Waals surface area contributed by atoms with Gasteiger partial charge in [-0.1, -0.05) is 26.0 Å². The maximum Gasteiger partial charge on any atom is 0.328 e. The third kappa shape index (κ3) is 4.44. The van der Waals surface area contributed by atoms with E-state index in [4.69, 9.17) is 4.74 Å². The van der Waals surface area contributed by atoms with Crippen molar-refractivity contribution in [3.8, 4) is 5.75 Å². The molecule has 0 spiro atoms. The summed E-state index contributed by atoms with van der Waals surface area (Å²) in [6, 6.07) is 7.18. The largest absolute Gasteiger partial charge is 0.497 e. The number of carboxylic acids is 1. The van der Waals surface area contributed by atoms with Gasteiger partial charge in [-0.2, -0.15) is 0 Å². The van der Waals surface area contributed by atoms with Gasteiger partial charge in [-0.15, -0.1) is 0 Å². The zero-order chi connectivity index (χ0) is 15.9. The molecule has 0 radical (unpaired) electrons. The van der Waals surface area contributed by atoms with Gasteiger partial charge in [0.1, 0.15) is 11.3 Å². The fraction of sp³-hybridized carbons (Fsp3) is 0.562. The zero-order valence-corrected chi connectivity index (χ0v) is 13.3. The lowest BCUT2D eigenvalue weighted by molar-refractivity contribution is -0.144. The molecule has 0 amide bonds. The van der Waals surface area contributed by atoms with Crippen LogP contribution in [-0.2, 0) is 10.3 Å². The summed E-state index contributed by atoms with van der Waals surface area (Å²) < 4.78 is 5.18. The second kappa shape index (κ2) is 8.00. The van der Waals surface area contributed by atoms with Crippen molar-refractivity contribution in [3.05, 3.63) is 29.8 Å². The molecule has 0 aliphatic heterocycles. The Morgan fingerprint density at radius 2 is 2.05 bits per heavy atom. The molecule has 1 rings (SSSR count). The summed E-state index contributed by atoms with van der Waals surface area (Å²) in [5, 5.41) is 12.8. The van der Waals surface area contributed by atoms with E-state index in [0.717, 1.165) is 19.6 Å². The number of benzene rings is 1. The summed E-state index contributed by atoms with van der Waals surface area (Å²) in [6.45, 7) is 9.24. The highest BCUT2D eigenvalue weighted by Crippen LogP contribution is 2.24. The first kappa shape index (κ1) is 17.5. The summed E-state index contributed by atoms with van der Waals surface area (Å²) in [6.07, 6.45) is 0. The number of nitrogens with zero attached hydrogens (tertiary/aromatic N) is 1. The van der Waals surface area contributed by atoms with E-state index in [1.54, 1.807) is 32.2 Å². The normalized spacial score (nSPS) is 14.0. The van der Waals surface area contributed by atoms with Crippen molar-refractivity contribution in [2.75, 3.05) is 33.3 Å². The molecule has 0 saturated heterocycles. The molecule has 5 heteroatoms. The number of methoxy groups -OCH3 is 1. The molecule has 0 heterocycles. The van der Waals surface area contributed by atoms with Crippen LogP contribution in [0.2, 0.25) is 0 Å².